The quantitative estimate of drug-likeness (QED) is 0.803. The highest BCUT2D eigenvalue weighted by molar-refractivity contribution is 5.66. The van der Waals surface area contributed by atoms with Crippen molar-refractivity contribution < 1.29 is 14.6 Å². The second-order valence-corrected chi connectivity index (χ2v) is 5.69. The molecule has 4 nitrogen and oxygen atoms in total. The summed E-state index contributed by atoms with van der Waals surface area (Å²) in [5.74, 6) is 0.657. The molecule has 3 N–H and O–H groups in total. The van der Waals surface area contributed by atoms with Gasteiger partial charge < -0.3 is 15.6 Å². The third-order valence-electron chi connectivity index (χ3n) is 3.93. The Labute approximate surface area is 119 Å². The summed E-state index contributed by atoms with van der Waals surface area (Å²) in [6.07, 6.45) is 4.29. The van der Waals surface area contributed by atoms with Crippen LogP contribution in [0.2, 0.25) is 0 Å². The van der Waals surface area contributed by atoms with Crippen molar-refractivity contribution in [2.45, 2.75) is 45.1 Å². The Morgan fingerprint density at radius 2 is 2.25 bits per heavy atom. The van der Waals surface area contributed by atoms with Gasteiger partial charge in [0.1, 0.15) is 5.75 Å². The second-order valence-electron chi connectivity index (χ2n) is 5.69. The van der Waals surface area contributed by atoms with Gasteiger partial charge in [0.05, 0.1) is 6.61 Å². The van der Waals surface area contributed by atoms with Gasteiger partial charge in [-0.2, -0.15) is 0 Å². The molecule has 0 amide bonds. The molecule has 4 heteroatoms. The molecule has 0 aliphatic heterocycles. The average molecular weight is 277 g/mol. The predicted molar refractivity (Wildman–Crippen MR) is 77.8 cm³/mol. The fraction of sp³-hybridized carbons (Fsp3) is 0.562. The molecule has 1 aliphatic carbocycles. The van der Waals surface area contributed by atoms with Crippen molar-refractivity contribution in [3.05, 3.63) is 29.3 Å². The van der Waals surface area contributed by atoms with Gasteiger partial charge in [0, 0.05) is 18.0 Å². The number of aryl methyl sites for hydroxylation is 1. The zero-order valence-electron chi connectivity index (χ0n) is 12.0. The van der Waals surface area contributed by atoms with Gasteiger partial charge in [0.15, 0.2) is 0 Å². The largest absolute Gasteiger partial charge is 0.493 e. The topological polar surface area (TPSA) is 72.5 Å². The summed E-state index contributed by atoms with van der Waals surface area (Å²) in [5, 5.41) is 8.76. The molecule has 0 heterocycles. The van der Waals surface area contributed by atoms with E-state index in [1.54, 1.807) is 0 Å². The monoisotopic (exact) mass is 277 g/mol. The highest BCUT2D eigenvalue weighted by Gasteiger charge is 2.20. The maximum absolute atomic E-state index is 10.7. The molecular formula is C16H23NO3. The van der Waals surface area contributed by atoms with E-state index >= 15 is 0 Å². The maximum Gasteiger partial charge on any atom is 0.303 e. The molecule has 1 aromatic rings. The van der Waals surface area contributed by atoms with Crippen molar-refractivity contribution in [2.24, 2.45) is 11.7 Å². The first-order chi connectivity index (χ1) is 9.56. The highest BCUT2D eigenvalue weighted by atomic mass is 16.5. The van der Waals surface area contributed by atoms with E-state index in [4.69, 9.17) is 15.6 Å². The van der Waals surface area contributed by atoms with E-state index in [0.29, 0.717) is 12.3 Å². The van der Waals surface area contributed by atoms with Gasteiger partial charge >= 0.3 is 5.97 Å². The molecular weight excluding hydrogens is 254 g/mol. The zero-order chi connectivity index (χ0) is 14.5. The maximum atomic E-state index is 10.7. The van der Waals surface area contributed by atoms with E-state index in [0.717, 1.165) is 23.5 Å². The number of carboxylic acid groups (broad SMARTS) is 1. The Hall–Kier alpha value is -1.55. The van der Waals surface area contributed by atoms with Crippen molar-refractivity contribution in [1.82, 2.24) is 0 Å². The Kier molecular flexibility index (Phi) is 5.01. The first-order valence-corrected chi connectivity index (χ1v) is 7.27. The van der Waals surface area contributed by atoms with Gasteiger partial charge in [-0.05, 0) is 38.2 Å². The van der Waals surface area contributed by atoms with E-state index < -0.39 is 5.97 Å². The summed E-state index contributed by atoms with van der Waals surface area (Å²) in [5.41, 5.74) is 8.16. The fourth-order valence-electron chi connectivity index (χ4n) is 2.39. The number of carboxylic acids is 1. The Morgan fingerprint density at radius 3 is 2.85 bits per heavy atom. The van der Waals surface area contributed by atoms with Crippen LogP contribution >= 0.6 is 0 Å². The molecule has 1 saturated carbocycles. The van der Waals surface area contributed by atoms with Crippen LogP contribution in [0.25, 0.3) is 0 Å². The molecule has 0 bridgehead atoms. The molecule has 0 saturated heterocycles. The van der Waals surface area contributed by atoms with E-state index in [2.05, 4.69) is 0 Å². The van der Waals surface area contributed by atoms with E-state index in [1.807, 2.05) is 25.1 Å². The minimum atomic E-state index is -0.815. The summed E-state index contributed by atoms with van der Waals surface area (Å²) in [7, 11) is 0. The first-order valence-electron chi connectivity index (χ1n) is 7.27. The summed E-state index contributed by atoms with van der Waals surface area (Å²) < 4.78 is 5.90. The summed E-state index contributed by atoms with van der Waals surface area (Å²) >= 11 is 0. The molecule has 2 rings (SSSR count). The Bertz CT molecular complexity index is 469. The van der Waals surface area contributed by atoms with Gasteiger partial charge in [0.2, 0.25) is 0 Å². The molecule has 1 aromatic carbocycles. The van der Waals surface area contributed by atoms with E-state index in [9.17, 15) is 4.79 Å². The van der Waals surface area contributed by atoms with E-state index in [-0.39, 0.29) is 12.5 Å². The fourth-order valence-corrected chi connectivity index (χ4v) is 2.39. The first kappa shape index (κ1) is 14.9. The third kappa shape index (κ3) is 3.97. The minimum absolute atomic E-state index is 0.0805. The second kappa shape index (κ2) is 6.75. The van der Waals surface area contributed by atoms with Crippen LogP contribution in [0.15, 0.2) is 18.2 Å². The molecule has 1 aliphatic rings. The van der Waals surface area contributed by atoms with Crippen molar-refractivity contribution in [3.8, 4) is 5.75 Å². The Morgan fingerprint density at radius 1 is 1.50 bits per heavy atom. The van der Waals surface area contributed by atoms with Crippen LogP contribution in [0.3, 0.4) is 0 Å². The van der Waals surface area contributed by atoms with Gasteiger partial charge in [-0.3, -0.25) is 4.79 Å². The van der Waals surface area contributed by atoms with Crippen LogP contribution in [-0.4, -0.2) is 17.7 Å². The predicted octanol–water partition coefficient (Wildman–Crippen LogP) is 3.04. The van der Waals surface area contributed by atoms with Crippen LogP contribution in [0.4, 0.5) is 0 Å². The van der Waals surface area contributed by atoms with E-state index in [1.165, 1.54) is 19.3 Å². The van der Waals surface area contributed by atoms with Gasteiger partial charge in [0.25, 0.3) is 0 Å². The van der Waals surface area contributed by atoms with Crippen LogP contribution in [0, 0.1) is 12.8 Å². The van der Waals surface area contributed by atoms with Gasteiger partial charge in [-0.25, -0.2) is 0 Å². The summed E-state index contributed by atoms with van der Waals surface area (Å²) in [4.78, 5) is 10.7. The molecule has 1 fully saturated rings. The molecule has 0 aromatic heterocycles. The molecule has 1 atom stereocenters. The molecule has 0 spiro atoms. The molecule has 1 unspecified atom stereocenters. The number of hydrogen-bond donors (Lipinski definition) is 2. The zero-order valence-corrected chi connectivity index (χ0v) is 12.0. The lowest BCUT2D eigenvalue weighted by molar-refractivity contribution is -0.137. The highest BCUT2D eigenvalue weighted by Crippen LogP contribution is 2.31. The van der Waals surface area contributed by atoms with Crippen molar-refractivity contribution in [1.29, 1.82) is 0 Å². The van der Waals surface area contributed by atoms with Crippen LogP contribution in [-0.2, 0) is 4.79 Å². The number of benzene rings is 1. The summed E-state index contributed by atoms with van der Waals surface area (Å²) in [6, 6.07) is 5.67. The smallest absolute Gasteiger partial charge is 0.303 e. The number of rotatable bonds is 7. The van der Waals surface area contributed by atoms with Crippen LogP contribution in [0.5, 0.6) is 5.75 Å². The van der Waals surface area contributed by atoms with Crippen molar-refractivity contribution >= 4 is 5.97 Å². The lowest BCUT2D eigenvalue weighted by Crippen LogP contribution is -2.21. The normalized spacial score (nSPS) is 16.5. The summed E-state index contributed by atoms with van der Waals surface area (Å²) in [6.45, 7) is 2.74. The standard InChI is InChI=1S/C16H23NO3/c1-11-5-7-15(20-10-12-3-2-4-12)13(9-11)14(17)6-8-16(18)19/h5,7,9,12,14H,2-4,6,8,10,17H2,1H3,(H,18,19). The number of nitrogens with two attached hydrogens (primary N) is 1. The molecule has 20 heavy (non-hydrogen) atoms. The number of ether oxygens (including phenoxy) is 1. The minimum Gasteiger partial charge on any atom is -0.493 e. The van der Waals surface area contributed by atoms with Crippen molar-refractivity contribution in [3.63, 3.8) is 0 Å². The number of hydrogen-bond acceptors (Lipinski definition) is 3. The average Bonchev–Trinajstić information content (AvgIpc) is 2.35. The van der Waals surface area contributed by atoms with Crippen LogP contribution < -0.4 is 10.5 Å². The Balaban J connectivity index is 2.03. The third-order valence-corrected chi connectivity index (χ3v) is 3.93. The lowest BCUT2D eigenvalue weighted by atomic mass is 9.86. The SMILES string of the molecule is Cc1ccc(OCC2CCC2)c(C(N)CCC(=O)O)c1. The van der Waals surface area contributed by atoms with Crippen molar-refractivity contribution in [2.75, 3.05) is 6.61 Å². The van der Waals surface area contributed by atoms with Crippen LogP contribution in [0.1, 0.15) is 49.3 Å². The van der Waals surface area contributed by atoms with Gasteiger partial charge in [-0.15, -0.1) is 0 Å². The molecule has 110 valence electrons. The number of carbonyl (C=O) groups is 1. The van der Waals surface area contributed by atoms with Gasteiger partial charge in [-0.1, -0.05) is 24.1 Å². The number of aliphatic carboxylic acids is 1. The molecule has 0 radical (unpaired) electrons. The lowest BCUT2D eigenvalue weighted by Gasteiger charge is -2.26.